The molecule has 1 aliphatic heterocycles. The number of methoxy groups -OCH3 is 2. The molecule has 6 nitrogen and oxygen atoms in total. The van der Waals surface area contributed by atoms with Gasteiger partial charge in [-0.05, 0) is 63.0 Å². The summed E-state index contributed by atoms with van der Waals surface area (Å²) in [6.07, 6.45) is 3.12. The molecule has 2 aromatic rings. The summed E-state index contributed by atoms with van der Waals surface area (Å²) in [5, 5.41) is 6.13. The predicted octanol–water partition coefficient (Wildman–Crippen LogP) is 3.77. The van der Waals surface area contributed by atoms with Crippen LogP contribution in [0.4, 0.5) is 4.79 Å². The van der Waals surface area contributed by atoms with Crippen molar-refractivity contribution < 1.29 is 14.3 Å². The predicted molar refractivity (Wildman–Crippen MR) is 119 cm³/mol. The zero-order valence-electron chi connectivity index (χ0n) is 18.2. The normalized spacial score (nSPS) is 16.0. The highest BCUT2D eigenvalue weighted by atomic mass is 16.5. The number of urea groups is 1. The average Bonchev–Trinajstić information content (AvgIpc) is 3.29. The molecule has 0 aromatic heterocycles. The van der Waals surface area contributed by atoms with Crippen molar-refractivity contribution in [2.24, 2.45) is 0 Å². The number of carbonyl (C=O) groups excluding carboxylic acids is 1. The van der Waals surface area contributed by atoms with Crippen LogP contribution in [0.5, 0.6) is 11.5 Å². The Morgan fingerprint density at radius 3 is 2.57 bits per heavy atom. The Labute approximate surface area is 179 Å². The van der Waals surface area contributed by atoms with Crippen molar-refractivity contribution in [3.8, 4) is 11.5 Å². The minimum atomic E-state index is -0.149. The summed E-state index contributed by atoms with van der Waals surface area (Å²) in [4.78, 5) is 15.0. The molecule has 30 heavy (non-hydrogen) atoms. The van der Waals surface area contributed by atoms with Crippen LogP contribution in [0.3, 0.4) is 0 Å². The summed E-state index contributed by atoms with van der Waals surface area (Å²) in [6, 6.07) is 16.0. The van der Waals surface area contributed by atoms with Crippen LogP contribution in [-0.4, -0.2) is 50.8 Å². The first-order chi connectivity index (χ1) is 14.6. The molecule has 2 unspecified atom stereocenters. The molecule has 6 heteroatoms. The second-order valence-corrected chi connectivity index (χ2v) is 7.81. The molecule has 0 spiro atoms. The molecule has 2 N–H and O–H groups in total. The van der Waals surface area contributed by atoms with Gasteiger partial charge in [0.15, 0.2) is 0 Å². The SMILES string of the molecule is COc1cccc(CC(C)NC(=O)NCC(c2ccccc2OC)N2CCCC2)c1. The molecule has 0 aliphatic carbocycles. The summed E-state index contributed by atoms with van der Waals surface area (Å²) in [6.45, 7) is 4.63. The molecule has 0 radical (unpaired) electrons. The largest absolute Gasteiger partial charge is 0.497 e. The lowest BCUT2D eigenvalue weighted by Gasteiger charge is -2.29. The van der Waals surface area contributed by atoms with E-state index in [0.717, 1.165) is 42.1 Å². The minimum absolute atomic E-state index is 0.00797. The highest BCUT2D eigenvalue weighted by Crippen LogP contribution is 2.31. The number of amides is 2. The van der Waals surface area contributed by atoms with E-state index in [-0.39, 0.29) is 18.1 Å². The molecular formula is C24H33N3O3. The van der Waals surface area contributed by atoms with E-state index in [2.05, 4.69) is 21.6 Å². The maximum absolute atomic E-state index is 12.6. The Bertz CT molecular complexity index is 821. The molecule has 2 amide bonds. The molecule has 1 saturated heterocycles. The Kier molecular flexibility index (Phi) is 7.97. The van der Waals surface area contributed by atoms with Crippen molar-refractivity contribution in [1.82, 2.24) is 15.5 Å². The Hall–Kier alpha value is -2.73. The molecule has 1 heterocycles. The number of nitrogens with zero attached hydrogens (tertiary/aromatic N) is 1. The fraction of sp³-hybridized carbons (Fsp3) is 0.458. The van der Waals surface area contributed by atoms with Gasteiger partial charge in [-0.15, -0.1) is 0 Å². The zero-order valence-corrected chi connectivity index (χ0v) is 18.2. The van der Waals surface area contributed by atoms with E-state index in [4.69, 9.17) is 9.47 Å². The maximum atomic E-state index is 12.6. The first-order valence-corrected chi connectivity index (χ1v) is 10.6. The van der Waals surface area contributed by atoms with Crippen LogP contribution < -0.4 is 20.1 Å². The molecule has 3 rings (SSSR count). The zero-order chi connectivity index (χ0) is 21.3. The van der Waals surface area contributed by atoms with Gasteiger partial charge < -0.3 is 20.1 Å². The lowest BCUT2D eigenvalue weighted by molar-refractivity contribution is 0.216. The number of rotatable bonds is 9. The van der Waals surface area contributed by atoms with Crippen LogP contribution in [0.1, 0.15) is 36.9 Å². The summed E-state index contributed by atoms with van der Waals surface area (Å²) < 4.78 is 10.9. The van der Waals surface area contributed by atoms with Crippen molar-refractivity contribution in [2.45, 2.75) is 38.3 Å². The summed E-state index contributed by atoms with van der Waals surface area (Å²) >= 11 is 0. The maximum Gasteiger partial charge on any atom is 0.315 e. The second kappa shape index (κ2) is 10.9. The molecule has 0 saturated carbocycles. The first kappa shape index (κ1) is 22.0. The van der Waals surface area contributed by atoms with Crippen LogP contribution in [0, 0.1) is 0 Å². The summed E-state index contributed by atoms with van der Waals surface area (Å²) in [5.74, 6) is 1.69. The minimum Gasteiger partial charge on any atom is -0.497 e. The van der Waals surface area contributed by atoms with Crippen LogP contribution in [0.25, 0.3) is 0 Å². The van der Waals surface area contributed by atoms with Crippen LogP contribution in [0.2, 0.25) is 0 Å². The Morgan fingerprint density at radius 1 is 1.07 bits per heavy atom. The van der Waals surface area contributed by atoms with E-state index in [0.29, 0.717) is 6.54 Å². The van der Waals surface area contributed by atoms with Crippen LogP contribution in [0.15, 0.2) is 48.5 Å². The fourth-order valence-electron chi connectivity index (χ4n) is 4.10. The van der Waals surface area contributed by atoms with E-state index >= 15 is 0 Å². The van der Waals surface area contributed by atoms with Gasteiger partial charge in [0.05, 0.1) is 20.3 Å². The van der Waals surface area contributed by atoms with E-state index in [1.807, 2.05) is 49.4 Å². The highest BCUT2D eigenvalue weighted by molar-refractivity contribution is 5.74. The van der Waals surface area contributed by atoms with Gasteiger partial charge in [0, 0.05) is 18.2 Å². The van der Waals surface area contributed by atoms with Crippen molar-refractivity contribution in [1.29, 1.82) is 0 Å². The number of carbonyl (C=O) groups is 1. The van der Waals surface area contributed by atoms with Crippen molar-refractivity contribution in [3.05, 3.63) is 59.7 Å². The van der Waals surface area contributed by atoms with Crippen molar-refractivity contribution in [2.75, 3.05) is 33.9 Å². The van der Waals surface area contributed by atoms with Gasteiger partial charge in [-0.1, -0.05) is 30.3 Å². The third kappa shape index (κ3) is 5.89. The van der Waals surface area contributed by atoms with Crippen molar-refractivity contribution >= 4 is 6.03 Å². The van der Waals surface area contributed by atoms with Crippen LogP contribution >= 0.6 is 0 Å². The molecular weight excluding hydrogens is 378 g/mol. The number of para-hydroxylation sites is 1. The molecule has 1 fully saturated rings. The first-order valence-electron chi connectivity index (χ1n) is 10.6. The fourth-order valence-corrected chi connectivity index (χ4v) is 4.10. The number of nitrogens with one attached hydrogen (secondary N) is 2. The van der Waals surface area contributed by atoms with Gasteiger partial charge in [0.25, 0.3) is 0 Å². The van der Waals surface area contributed by atoms with Gasteiger partial charge in [-0.2, -0.15) is 0 Å². The van der Waals surface area contributed by atoms with Crippen molar-refractivity contribution in [3.63, 3.8) is 0 Å². The monoisotopic (exact) mass is 411 g/mol. The Balaban J connectivity index is 1.58. The Morgan fingerprint density at radius 2 is 1.83 bits per heavy atom. The number of likely N-dealkylation sites (tertiary alicyclic amines) is 1. The summed E-state index contributed by atoms with van der Waals surface area (Å²) in [5.41, 5.74) is 2.25. The third-order valence-corrected chi connectivity index (χ3v) is 5.59. The molecule has 2 atom stereocenters. The number of hydrogen-bond donors (Lipinski definition) is 2. The van der Waals surface area contributed by atoms with Gasteiger partial charge >= 0.3 is 6.03 Å². The standard InChI is InChI=1S/C24H33N3O3/c1-18(15-19-9-8-10-20(16-19)29-2)26-24(28)25-17-22(27-13-6-7-14-27)21-11-4-5-12-23(21)30-3/h4-5,8-12,16,18,22H,6-7,13-15,17H2,1-3H3,(H2,25,26,28). The second-order valence-electron chi connectivity index (χ2n) is 7.81. The molecule has 2 aromatic carbocycles. The number of ether oxygens (including phenoxy) is 2. The summed E-state index contributed by atoms with van der Waals surface area (Å²) in [7, 11) is 3.35. The van der Waals surface area contributed by atoms with E-state index in [9.17, 15) is 4.79 Å². The van der Waals surface area contributed by atoms with Crippen LogP contribution in [-0.2, 0) is 6.42 Å². The highest BCUT2D eigenvalue weighted by Gasteiger charge is 2.26. The number of hydrogen-bond acceptors (Lipinski definition) is 4. The lowest BCUT2D eigenvalue weighted by atomic mass is 10.0. The number of benzene rings is 2. The van der Waals surface area contributed by atoms with Gasteiger partial charge in [0.2, 0.25) is 0 Å². The van der Waals surface area contributed by atoms with Gasteiger partial charge in [0.1, 0.15) is 11.5 Å². The lowest BCUT2D eigenvalue weighted by Crippen LogP contribution is -2.45. The molecule has 162 valence electrons. The van der Waals surface area contributed by atoms with E-state index < -0.39 is 0 Å². The van der Waals surface area contributed by atoms with Gasteiger partial charge in [-0.25, -0.2) is 4.79 Å². The molecule has 1 aliphatic rings. The van der Waals surface area contributed by atoms with Gasteiger partial charge in [-0.3, -0.25) is 4.90 Å². The quantitative estimate of drug-likeness (QED) is 0.659. The average molecular weight is 412 g/mol. The topological polar surface area (TPSA) is 62.8 Å². The smallest absolute Gasteiger partial charge is 0.315 e. The molecule has 0 bridgehead atoms. The van der Waals surface area contributed by atoms with E-state index in [1.54, 1.807) is 14.2 Å². The third-order valence-electron chi connectivity index (χ3n) is 5.59. The van der Waals surface area contributed by atoms with E-state index in [1.165, 1.54) is 12.8 Å².